The minimum Gasteiger partial charge on any atom is -0.315 e. The van der Waals surface area contributed by atoms with Gasteiger partial charge in [-0.2, -0.15) is 4.68 Å². The van der Waals surface area contributed by atoms with Crippen molar-refractivity contribution in [3.05, 3.63) is 64.2 Å². The van der Waals surface area contributed by atoms with Crippen LogP contribution in [0.3, 0.4) is 0 Å². The lowest BCUT2D eigenvalue weighted by molar-refractivity contribution is -0.384. The number of rotatable bonds is 6. The van der Waals surface area contributed by atoms with Crippen LogP contribution in [-0.4, -0.2) is 43.8 Å². The van der Waals surface area contributed by atoms with Crippen LogP contribution in [0.2, 0.25) is 0 Å². The average Bonchev–Trinajstić information content (AvgIpc) is 3.14. The Balaban J connectivity index is 1.66. The molecule has 9 nitrogen and oxygen atoms in total. The van der Waals surface area contributed by atoms with Gasteiger partial charge in [-0.05, 0) is 41.6 Å². The van der Waals surface area contributed by atoms with Gasteiger partial charge >= 0.3 is 0 Å². The minimum absolute atomic E-state index is 0.0220. The van der Waals surface area contributed by atoms with Crippen molar-refractivity contribution in [3.63, 3.8) is 0 Å². The van der Waals surface area contributed by atoms with Gasteiger partial charge < -0.3 is 4.90 Å². The molecule has 27 heavy (non-hydrogen) atoms. The topological polar surface area (TPSA) is 107 Å². The van der Waals surface area contributed by atoms with Crippen LogP contribution in [0.5, 0.6) is 0 Å². The standard InChI is InChI=1S/C17H16N6O3S/c1-12-3-5-14(6-4-12)22-17(18-19-20-22)27-11-16(24)21(2)13-7-9-15(10-8-13)23(25)26/h3-10H,11H2,1-2H3. The summed E-state index contributed by atoms with van der Waals surface area (Å²) in [5.41, 5.74) is 2.49. The maximum absolute atomic E-state index is 12.4. The second-order valence-corrected chi connectivity index (χ2v) is 6.67. The molecule has 10 heteroatoms. The highest BCUT2D eigenvalue weighted by Gasteiger charge is 2.16. The number of aromatic nitrogens is 4. The van der Waals surface area contributed by atoms with Crippen molar-refractivity contribution >= 4 is 29.0 Å². The Morgan fingerprint density at radius 1 is 1.19 bits per heavy atom. The second-order valence-electron chi connectivity index (χ2n) is 5.72. The third-order valence-electron chi connectivity index (χ3n) is 3.87. The third kappa shape index (κ3) is 4.29. The molecule has 0 aliphatic rings. The molecule has 0 saturated carbocycles. The highest BCUT2D eigenvalue weighted by atomic mass is 32.2. The summed E-state index contributed by atoms with van der Waals surface area (Å²) in [5.74, 6) is -0.0491. The number of tetrazole rings is 1. The lowest BCUT2D eigenvalue weighted by Gasteiger charge is -2.16. The zero-order valence-electron chi connectivity index (χ0n) is 14.6. The Morgan fingerprint density at radius 3 is 2.48 bits per heavy atom. The summed E-state index contributed by atoms with van der Waals surface area (Å²) in [6.07, 6.45) is 0. The zero-order chi connectivity index (χ0) is 19.4. The van der Waals surface area contributed by atoms with E-state index in [1.807, 2.05) is 31.2 Å². The largest absolute Gasteiger partial charge is 0.315 e. The maximum Gasteiger partial charge on any atom is 0.269 e. The van der Waals surface area contributed by atoms with Crippen LogP contribution in [0.1, 0.15) is 5.56 Å². The van der Waals surface area contributed by atoms with Crippen molar-refractivity contribution < 1.29 is 9.72 Å². The smallest absolute Gasteiger partial charge is 0.269 e. The van der Waals surface area contributed by atoms with Gasteiger partial charge in [0.15, 0.2) is 0 Å². The molecule has 0 aliphatic heterocycles. The van der Waals surface area contributed by atoms with Crippen molar-refractivity contribution in [2.75, 3.05) is 17.7 Å². The zero-order valence-corrected chi connectivity index (χ0v) is 15.5. The van der Waals surface area contributed by atoms with Crippen LogP contribution in [-0.2, 0) is 4.79 Å². The van der Waals surface area contributed by atoms with Crippen molar-refractivity contribution in [3.8, 4) is 5.69 Å². The van der Waals surface area contributed by atoms with E-state index < -0.39 is 4.92 Å². The van der Waals surface area contributed by atoms with Crippen LogP contribution in [0.15, 0.2) is 53.7 Å². The number of thioether (sulfide) groups is 1. The Hall–Kier alpha value is -3.27. The molecule has 2 aromatic carbocycles. The van der Waals surface area contributed by atoms with Gasteiger partial charge in [-0.25, -0.2) is 0 Å². The number of hydrogen-bond donors (Lipinski definition) is 0. The highest BCUT2D eigenvalue weighted by Crippen LogP contribution is 2.22. The summed E-state index contributed by atoms with van der Waals surface area (Å²) in [6.45, 7) is 1.99. The van der Waals surface area contributed by atoms with E-state index in [-0.39, 0.29) is 17.3 Å². The molecular weight excluding hydrogens is 368 g/mol. The fourth-order valence-electron chi connectivity index (χ4n) is 2.28. The van der Waals surface area contributed by atoms with Gasteiger partial charge in [-0.3, -0.25) is 14.9 Å². The van der Waals surface area contributed by atoms with Gasteiger partial charge in [0.1, 0.15) is 0 Å². The van der Waals surface area contributed by atoms with Gasteiger partial charge in [-0.1, -0.05) is 29.5 Å². The first-order chi connectivity index (χ1) is 13.0. The van der Waals surface area contributed by atoms with Gasteiger partial charge in [0.05, 0.1) is 16.4 Å². The number of carbonyl (C=O) groups is 1. The predicted octanol–water partition coefficient (Wildman–Crippen LogP) is 2.63. The average molecular weight is 384 g/mol. The highest BCUT2D eigenvalue weighted by molar-refractivity contribution is 7.99. The molecule has 138 valence electrons. The Morgan fingerprint density at radius 2 is 1.85 bits per heavy atom. The van der Waals surface area contributed by atoms with E-state index in [0.29, 0.717) is 10.8 Å². The number of nitrogens with zero attached hydrogens (tertiary/aromatic N) is 6. The van der Waals surface area contributed by atoms with Gasteiger partial charge in [0.2, 0.25) is 11.1 Å². The fourth-order valence-corrected chi connectivity index (χ4v) is 3.09. The molecule has 0 fully saturated rings. The number of anilines is 1. The van der Waals surface area contributed by atoms with E-state index in [1.54, 1.807) is 11.7 Å². The summed E-state index contributed by atoms with van der Waals surface area (Å²) < 4.78 is 1.57. The van der Waals surface area contributed by atoms with E-state index in [9.17, 15) is 14.9 Å². The SMILES string of the molecule is Cc1ccc(-n2nnnc2SCC(=O)N(C)c2ccc([N+](=O)[O-])cc2)cc1. The predicted molar refractivity (Wildman–Crippen MR) is 101 cm³/mol. The van der Waals surface area contributed by atoms with E-state index in [2.05, 4.69) is 15.5 Å². The minimum atomic E-state index is -0.480. The molecule has 1 heterocycles. The van der Waals surface area contributed by atoms with Gasteiger partial charge in [-0.15, -0.1) is 5.10 Å². The Labute approximate surface area is 159 Å². The fraction of sp³-hybridized carbons (Fsp3) is 0.176. The number of aryl methyl sites for hydroxylation is 1. The first-order valence-electron chi connectivity index (χ1n) is 7.95. The van der Waals surface area contributed by atoms with Crippen LogP contribution in [0.4, 0.5) is 11.4 Å². The van der Waals surface area contributed by atoms with Crippen molar-refractivity contribution in [1.82, 2.24) is 20.2 Å². The van der Waals surface area contributed by atoms with E-state index in [0.717, 1.165) is 11.3 Å². The molecular formula is C17H16N6O3S. The van der Waals surface area contributed by atoms with Crippen molar-refractivity contribution in [2.24, 2.45) is 0 Å². The third-order valence-corrected chi connectivity index (χ3v) is 4.77. The van der Waals surface area contributed by atoms with E-state index >= 15 is 0 Å². The summed E-state index contributed by atoms with van der Waals surface area (Å²) in [7, 11) is 1.62. The number of non-ortho nitro benzene ring substituents is 1. The second kappa shape index (κ2) is 7.96. The normalized spacial score (nSPS) is 10.6. The number of amides is 1. The summed E-state index contributed by atoms with van der Waals surface area (Å²) in [4.78, 5) is 24.1. The quantitative estimate of drug-likeness (QED) is 0.365. The molecule has 1 amide bonds. The summed E-state index contributed by atoms with van der Waals surface area (Å²) in [5, 5.41) is 22.8. The first kappa shape index (κ1) is 18.5. The molecule has 1 aromatic heterocycles. The Kier molecular flexibility index (Phi) is 5.46. The number of nitro groups is 1. The number of carbonyl (C=O) groups excluding carboxylic acids is 1. The van der Waals surface area contributed by atoms with E-state index in [1.165, 1.54) is 40.9 Å². The van der Waals surface area contributed by atoms with Gasteiger partial charge in [0.25, 0.3) is 5.69 Å². The molecule has 0 aliphatic carbocycles. The van der Waals surface area contributed by atoms with Crippen LogP contribution in [0, 0.1) is 17.0 Å². The molecule has 0 N–H and O–H groups in total. The number of benzene rings is 2. The van der Waals surface area contributed by atoms with E-state index in [4.69, 9.17) is 0 Å². The number of hydrogen-bond acceptors (Lipinski definition) is 7. The first-order valence-corrected chi connectivity index (χ1v) is 8.93. The van der Waals surface area contributed by atoms with Crippen LogP contribution >= 0.6 is 11.8 Å². The van der Waals surface area contributed by atoms with Crippen LogP contribution < -0.4 is 4.90 Å². The summed E-state index contributed by atoms with van der Waals surface area (Å²) in [6, 6.07) is 13.5. The molecule has 3 rings (SSSR count). The summed E-state index contributed by atoms with van der Waals surface area (Å²) >= 11 is 1.22. The molecule has 0 unspecified atom stereocenters. The monoisotopic (exact) mass is 384 g/mol. The van der Waals surface area contributed by atoms with Crippen molar-refractivity contribution in [1.29, 1.82) is 0 Å². The molecule has 0 saturated heterocycles. The molecule has 0 atom stereocenters. The lowest BCUT2D eigenvalue weighted by atomic mass is 10.2. The molecule has 0 radical (unpaired) electrons. The van der Waals surface area contributed by atoms with Crippen LogP contribution in [0.25, 0.3) is 5.69 Å². The maximum atomic E-state index is 12.4. The molecule has 0 spiro atoms. The van der Waals surface area contributed by atoms with Gasteiger partial charge in [0, 0.05) is 24.9 Å². The molecule has 3 aromatic rings. The lowest BCUT2D eigenvalue weighted by Crippen LogP contribution is -2.28. The van der Waals surface area contributed by atoms with Crippen molar-refractivity contribution in [2.45, 2.75) is 12.1 Å². The molecule has 0 bridgehead atoms. The number of nitro benzene ring substituents is 1. The Bertz CT molecular complexity index is 956.